The number of aromatic hydroxyl groups is 1. The summed E-state index contributed by atoms with van der Waals surface area (Å²) in [6.07, 6.45) is 0. The maximum atomic E-state index is 13.3. The van der Waals surface area contributed by atoms with Gasteiger partial charge in [-0.2, -0.15) is 0 Å². The lowest BCUT2D eigenvalue weighted by molar-refractivity contribution is 0.0734. The van der Waals surface area contributed by atoms with Crippen molar-refractivity contribution in [2.75, 3.05) is 0 Å². The minimum absolute atomic E-state index is 0.206. The van der Waals surface area contributed by atoms with Gasteiger partial charge in [-0.15, -0.1) is 0 Å². The Bertz CT molecular complexity index is 630. The van der Waals surface area contributed by atoms with Crippen LogP contribution in [-0.2, 0) is 0 Å². The summed E-state index contributed by atoms with van der Waals surface area (Å²) in [4.78, 5) is 11.7. The van der Waals surface area contributed by atoms with Crippen LogP contribution in [0.1, 0.15) is 10.4 Å². The van der Waals surface area contributed by atoms with Crippen LogP contribution < -0.4 is 4.74 Å². The van der Waals surface area contributed by atoms with Gasteiger partial charge in [0.05, 0.1) is 10.6 Å². The molecule has 0 radical (unpaired) electrons. The lowest BCUT2D eigenvalue weighted by atomic mass is 10.2. The number of rotatable bonds is 2. The van der Waals surface area contributed by atoms with Crippen LogP contribution in [0.3, 0.4) is 0 Å². The number of phenols is 1. The smallest absolute Gasteiger partial charge is 0.345 e. The zero-order chi connectivity index (χ0) is 14.0. The van der Waals surface area contributed by atoms with Gasteiger partial charge in [-0.1, -0.05) is 29.8 Å². The Kier molecular flexibility index (Phi) is 3.66. The van der Waals surface area contributed by atoms with Gasteiger partial charge < -0.3 is 9.84 Å². The molecule has 0 heterocycles. The number of halogens is 3. The van der Waals surface area contributed by atoms with Gasteiger partial charge in [0.25, 0.3) is 0 Å². The molecule has 0 saturated heterocycles. The molecule has 6 heteroatoms. The maximum Gasteiger partial charge on any atom is 0.345 e. The molecule has 0 saturated carbocycles. The lowest BCUT2D eigenvalue weighted by Crippen LogP contribution is -2.10. The number of carbonyl (C=O) groups excluding carboxylic acids is 1. The summed E-state index contributed by atoms with van der Waals surface area (Å²) < 4.78 is 31.4. The van der Waals surface area contributed by atoms with Gasteiger partial charge in [0.1, 0.15) is 5.75 Å². The number of phenolic OH excluding ortho intramolecular Hbond substituents is 1. The fraction of sp³-hybridized carbons (Fsp3) is 0. The van der Waals surface area contributed by atoms with E-state index in [0.29, 0.717) is 6.07 Å². The van der Waals surface area contributed by atoms with Crippen molar-refractivity contribution in [1.29, 1.82) is 0 Å². The Hall–Kier alpha value is -2.14. The molecule has 2 rings (SSSR count). The first-order valence-electron chi connectivity index (χ1n) is 5.14. The number of hydrogen-bond donors (Lipinski definition) is 1. The van der Waals surface area contributed by atoms with Gasteiger partial charge in [0.2, 0.25) is 0 Å². The van der Waals surface area contributed by atoms with E-state index in [1.807, 2.05) is 0 Å². The molecule has 1 N–H and O–H groups in total. The Balaban J connectivity index is 2.35. The van der Waals surface area contributed by atoms with Crippen molar-refractivity contribution in [3.8, 4) is 11.5 Å². The first kappa shape index (κ1) is 13.3. The molecule has 0 unspecified atom stereocenters. The average molecular weight is 285 g/mol. The van der Waals surface area contributed by atoms with Crippen molar-refractivity contribution < 1.29 is 23.4 Å². The van der Waals surface area contributed by atoms with Crippen molar-refractivity contribution in [1.82, 2.24) is 0 Å². The van der Waals surface area contributed by atoms with Gasteiger partial charge in [-0.05, 0) is 18.2 Å². The quantitative estimate of drug-likeness (QED) is 0.521. The largest absolute Gasteiger partial charge is 0.503 e. The Labute approximate surface area is 112 Å². The summed E-state index contributed by atoms with van der Waals surface area (Å²) in [7, 11) is 0. The molecule has 0 spiro atoms. The summed E-state index contributed by atoms with van der Waals surface area (Å²) in [6, 6.07) is 8.58. The fourth-order valence-electron chi connectivity index (χ4n) is 1.38. The second kappa shape index (κ2) is 5.24. The van der Waals surface area contributed by atoms with E-state index in [2.05, 4.69) is 0 Å². The second-order valence-electron chi connectivity index (χ2n) is 3.59. The van der Waals surface area contributed by atoms with Crippen molar-refractivity contribution in [3.63, 3.8) is 0 Å². The molecule has 0 aliphatic rings. The van der Waals surface area contributed by atoms with Crippen LogP contribution >= 0.6 is 11.6 Å². The highest BCUT2D eigenvalue weighted by atomic mass is 35.5. The monoisotopic (exact) mass is 284 g/mol. The van der Waals surface area contributed by atoms with Crippen LogP contribution in [0.15, 0.2) is 36.4 Å². The molecule has 0 aromatic heterocycles. The Morgan fingerprint density at radius 3 is 2.47 bits per heavy atom. The predicted octanol–water partition coefficient (Wildman–Crippen LogP) is 3.54. The highest BCUT2D eigenvalue weighted by Gasteiger charge is 2.22. The van der Waals surface area contributed by atoms with E-state index in [9.17, 15) is 13.6 Å². The van der Waals surface area contributed by atoms with E-state index in [1.54, 1.807) is 18.2 Å². The molecule has 0 amide bonds. The van der Waals surface area contributed by atoms with E-state index < -0.39 is 33.9 Å². The van der Waals surface area contributed by atoms with Crippen molar-refractivity contribution >= 4 is 17.6 Å². The molecule has 2 aromatic rings. The molecule has 0 aliphatic heterocycles. The lowest BCUT2D eigenvalue weighted by Gasteiger charge is -2.07. The van der Waals surface area contributed by atoms with Gasteiger partial charge in [0, 0.05) is 0 Å². The van der Waals surface area contributed by atoms with Gasteiger partial charge in [-0.3, -0.25) is 0 Å². The van der Waals surface area contributed by atoms with Crippen LogP contribution in [-0.4, -0.2) is 11.1 Å². The molecule has 0 fully saturated rings. The van der Waals surface area contributed by atoms with E-state index in [1.165, 1.54) is 12.1 Å². The van der Waals surface area contributed by atoms with Crippen LogP contribution in [0.2, 0.25) is 5.02 Å². The first-order valence-corrected chi connectivity index (χ1v) is 5.52. The molecule has 0 atom stereocenters. The third-order valence-electron chi connectivity index (χ3n) is 2.31. The zero-order valence-corrected chi connectivity index (χ0v) is 10.1. The van der Waals surface area contributed by atoms with Crippen LogP contribution in [0.5, 0.6) is 11.5 Å². The number of carbonyl (C=O) groups is 1. The second-order valence-corrected chi connectivity index (χ2v) is 3.96. The number of esters is 1. The standard InChI is InChI=1S/C13H7ClF2O3/c14-10-8(6-9(15)12(17)11(10)16)13(18)19-7-4-2-1-3-5-7/h1-6,17H. The van der Waals surface area contributed by atoms with Gasteiger partial charge in [-0.25, -0.2) is 13.6 Å². The number of benzene rings is 2. The van der Waals surface area contributed by atoms with E-state index in [0.717, 1.165) is 0 Å². The van der Waals surface area contributed by atoms with E-state index >= 15 is 0 Å². The molecule has 3 nitrogen and oxygen atoms in total. The molecule has 98 valence electrons. The first-order chi connectivity index (χ1) is 9.00. The average Bonchev–Trinajstić information content (AvgIpc) is 2.41. The van der Waals surface area contributed by atoms with Crippen LogP contribution in [0.25, 0.3) is 0 Å². The van der Waals surface area contributed by atoms with Crippen LogP contribution in [0, 0.1) is 11.6 Å². The van der Waals surface area contributed by atoms with Crippen molar-refractivity contribution in [2.24, 2.45) is 0 Å². The zero-order valence-electron chi connectivity index (χ0n) is 9.36. The molecule has 0 bridgehead atoms. The summed E-state index contributed by atoms with van der Waals surface area (Å²) in [5, 5.41) is 8.30. The third kappa shape index (κ3) is 2.66. The topological polar surface area (TPSA) is 46.5 Å². The highest BCUT2D eigenvalue weighted by Crippen LogP contribution is 2.30. The molecular weight excluding hydrogens is 278 g/mol. The molecular formula is C13H7ClF2O3. The molecule has 2 aromatic carbocycles. The predicted molar refractivity (Wildman–Crippen MR) is 64.4 cm³/mol. The Morgan fingerprint density at radius 1 is 1.21 bits per heavy atom. The summed E-state index contributed by atoms with van der Waals surface area (Å²) >= 11 is 5.53. The number of hydrogen-bond acceptors (Lipinski definition) is 3. The van der Waals surface area contributed by atoms with E-state index in [-0.39, 0.29) is 5.75 Å². The van der Waals surface area contributed by atoms with Crippen molar-refractivity contribution in [3.05, 3.63) is 58.6 Å². The van der Waals surface area contributed by atoms with Gasteiger partial charge in [0.15, 0.2) is 17.4 Å². The molecule has 0 aliphatic carbocycles. The SMILES string of the molecule is O=C(Oc1ccccc1)c1cc(F)c(O)c(F)c1Cl. The van der Waals surface area contributed by atoms with Gasteiger partial charge >= 0.3 is 5.97 Å². The number of para-hydroxylation sites is 1. The minimum atomic E-state index is -1.40. The summed E-state index contributed by atoms with van der Waals surface area (Å²) in [5.74, 6) is -4.74. The highest BCUT2D eigenvalue weighted by molar-refractivity contribution is 6.34. The molecule has 19 heavy (non-hydrogen) atoms. The van der Waals surface area contributed by atoms with Crippen molar-refractivity contribution in [2.45, 2.75) is 0 Å². The van der Waals surface area contributed by atoms with E-state index in [4.69, 9.17) is 21.4 Å². The third-order valence-corrected chi connectivity index (χ3v) is 2.68. The summed E-state index contributed by atoms with van der Waals surface area (Å²) in [5.41, 5.74) is -0.502. The summed E-state index contributed by atoms with van der Waals surface area (Å²) in [6.45, 7) is 0. The normalized spacial score (nSPS) is 10.3. The fourth-order valence-corrected chi connectivity index (χ4v) is 1.61. The Morgan fingerprint density at radius 2 is 1.84 bits per heavy atom. The minimum Gasteiger partial charge on any atom is -0.503 e. The number of ether oxygens (including phenoxy) is 1. The maximum absolute atomic E-state index is 13.3. The van der Waals surface area contributed by atoms with Crippen LogP contribution in [0.4, 0.5) is 8.78 Å².